The number of hydrogen-bond acceptors (Lipinski definition) is 7. The Kier molecular flexibility index (Phi) is 3.71. The Morgan fingerprint density at radius 3 is 2.80 bits per heavy atom. The highest BCUT2D eigenvalue weighted by Gasteiger charge is 2.19. The molecule has 4 N–H and O–H groups in total. The predicted octanol–water partition coefficient (Wildman–Crippen LogP) is 1.86. The summed E-state index contributed by atoms with van der Waals surface area (Å²) in [6, 6.07) is 4.45. The zero-order valence-corrected chi connectivity index (χ0v) is 10.4. The van der Waals surface area contributed by atoms with E-state index in [1.807, 2.05) is 0 Å². The molecule has 0 fully saturated rings. The van der Waals surface area contributed by atoms with Gasteiger partial charge >= 0.3 is 5.69 Å². The first kappa shape index (κ1) is 13.6. The van der Waals surface area contributed by atoms with E-state index in [9.17, 15) is 14.5 Å². The molecule has 1 aromatic heterocycles. The van der Waals surface area contributed by atoms with E-state index < -0.39 is 10.7 Å². The Morgan fingerprint density at radius 1 is 1.45 bits per heavy atom. The van der Waals surface area contributed by atoms with Crippen LogP contribution in [0.5, 0.6) is 0 Å². The number of hydrazine groups is 1. The molecule has 0 saturated heterocycles. The Morgan fingerprint density at radius 2 is 2.20 bits per heavy atom. The van der Waals surface area contributed by atoms with Crippen LogP contribution in [0.3, 0.4) is 0 Å². The molecule has 104 valence electrons. The van der Waals surface area contributed by atoms with Gasteiger partial charge in [-0.15, -0.1) is 0 Å². The molecule has 1 heterocycles. The lowest BCUT2D eigenvalue weighted by Crippen LogP contribution is -2.12. The van der Waals surface area contributed by atoms with Crippen molar-refractivity contribution in [2.75, 3.05) is 10.7 Å². The van der Waals surface area contributed by atoms with Crippen molar-refractivity contribution in [1.82, 2.24) is 9.97 Å². The van der Waals surface area contributed by atoms with E-state index in [1.54, 1.807) is 13.0 Å². The lowest BCUT2D eigenvalue weighted by Gasteiger charge is -2.10. The number of halogens is 1. The normalized spacial score (nSPS) is 10.2. The number of nitrogen functional groups attached to an aromatic ring is 1. The summed E-state index contributed by atoms with van der Waals surface area (Å²) < 4.78 is 13.7. The summed E-state index contributed by atoms with van der Waals surface area (Å²) in [7, 11) is 0. The van der Waals surface area contributed by atoms with Gasteiger partial charge in [0.25, 0.3) is 0 Å². The fraction of sp³-hybridized carbons (Fsp3) is 0.0909. The van der Waals surface area contributed by atoms with Crippen molar-refractivity contribution in [2.45, 2.75) is 6.92 Å². The number of nitrogens with zero attached hydrogens (tertiary/aromatic N) is 3. The van der Waals surface area contributed by atoms with Crippen molar-refractivity contribution in [1.29, 1.82) is 0 Å². The van der Waals surface area contributed by atoms with Crippen LogP contribution in [0.2, 0.25) is 0 Å². The fourth-order valence-electron chi connectivity index (χ4n) is 1.58. The first-order chi connectivity index (χ1) is 9.52. The molecular weight excluding hydrogens is 267 g/mol. The van der Waals surface area contributed by atoms with Crippen molar-refractivity contribution in [3.8, 4) is 0 Å². The average molecular weight is 278 g/mol. The van der Waals surface area contributed by atoms with E-state index in [-0.39, 0.29) is 23.1 Å². The Bertz CT molecular complexity index is 643. The molecule has 2 aromatic rings. The summed E-state index contributed by atoms with van der Waals surface area (Å²) in [5, 5.41) is 13.5. The SMILES string of the molecule is Cc1cccc(F)c1Nc1nc(NN)ncc1[N+](=O)[O-]. The highest BCUT2D eigenvalue weighted by molar-refractivity contribution is 5.68. The molecule has 0 bridgehead atoms. The lowest BCUT2D eigenvalue weighted by molar-refractivity contribution is -0.384. The van der Waals surface area contributed by atoms with E-state index in [2.05, 4.69) is 20.7 Å². The standard InChI is InChI=1S/C11H11FN6O2/c1-6-3-2-4-7(12)9(6)15-10-8(18(19)20)5-14-11(16-10)17-13/h2-5H,13H2,1H3,(H2,14,15,16,17). The zero-order valence-electron chi connectivity index (χ0n) is 10.4. The fourth-order valence-corrected chi connectivity index (χ4v) is 1.58. The van der Waals surface area contributed by atoms with E-state index in [1.165, 1.54) is 12.1 Å². The molecule has 0 aliphatic carbocycles. The Labute approximate surface area is 113 Å². The largest absolute Gasteiger partial charge is 0.332 e. The average Bonchev–Trinajstić information content (AvgIpc) is 2.42. The predicted molar refractivity (Wildman–Crippen MR) is 70.9 cm³/mol. The van der Waals surface area contributed by atoms with E-state index in [4.69, 9.17) is 5.84 Å². The van der Waals surface area contributed by atoms with Crippen LogP contribution >= 0.6 is 0 Å². The Hall–Kier alpha value is -2.81. The molecular formula is C11H11FN6O2. The maximum absolute atomic E-state index is 13.7. The van der Waals surface area contributed by atoms with Gasteiger partial charge in [-0.2, -0.15) is 4.98 Å². The molecule has 0 aliphatic rings. The number of nitro groups is 1. The van der Waals surface area contributed by atoms with Gasteiger partial charge in [-0.3, -0.25) is 15.5 Å². The first-order valence-electron chi connectivity index (χ1n) is 5.53. The third-order valence-electron chi connectivity index (χ3n) is 2.56. The van der Waals surface area contributed by atoms with Crippen LogP contribution in [0.25, 0.3) is 0 Å². The number of aromatic nitrogens is 2. The number of para-hydroxylation sites is 1. The summed E-state index contributed by atoms with van der Waals surface area (Å²) >= 11 is 0. The minimum Gasteiger partial charge on any atom is -0.332 e. The number of benzene rings is 1. The molecule has 0 amide bonds. The van der Waals surface area contributed by atoms with Crippen LogP contribution in [-0.2, 0) is 0 Å². The summed E-state index contributed by atoms with van der Waals surface area (Å²) in [4.78, 5) is 17.7. The number of anilines is 3. The number of nitrogens with one attached hydrogen (secondary N) is 2. The van der Waals surface area contributed by atoms with Gasteiger partial charge < -0.3 is 5.32 Å². The summed E-state index contributed by atoms with van der Waals surface area (Å²) in [6.07, 6.45) is 0.987. The number of aryl methyl sites for hydroxylation is 1. The van der Waals surface area contributed by atoms with Crippen molar-refractivity contribution < 1.29 is 9.31 Å². The summed E-state index contributed by atoms with van der Waals surface area (Å²) in [5.74, 6) is 4.44. The van der Waals surface area contributed by atoms with Crippen molar-refractivity contribution in [2.24, 2.45) is 5.84 Å². The number of hydrogen-bond donors (Lipinski definition) is 3. The van der Waals surface area contributed by atoms with Gasteiger partial charge in [0.15, 0.2) is 0 Å². The van der Waals surface area contributed by atoms with Crippen molar-refractivity contribution >= 4 is 23.1 Å². The molecule has 0 unspecified atom stereocenters. The monoisotopic (exact) mass is 278 g/mol. The molecule has 0 aliphatic heterocycles. The third kappa shape index (κ3) is 2.62. The number of nitrogens with two attached hydrogens (primary N) is 1. The van der Waals surface area contributed by atoms with Crippen LogP contribution in [0.1, 0.15) is 5.56 Å². The van der Waals surface area contributed by atoms with Crippen LogP contribution < -0.4 is 16.6 Å². The lowest BCUT2D eigenvalue weighted by atomic mass is 10.2. The van der Waals surface area contributed by atoms with Gasteiger partial charge in [0, 0.05) is 0 Å². The van der Waals surface area contributed by atoms with Gasteiger partial charge in [-0.05, 0) is 18.6 Å². The topological polar surface area (TPSA) is 119 Å². The van der Waals surface area contributed by atoms with Crippen LogP contribution in [0.4, 0.5) is 27.5 Å². The van der Waals surface area contributed by atoms with Gasteiger partial charge in [-0.1, -0.05) is 12.1 Å². The van der Waals surface area contributed by atoms with Crippen LogP contribution in [-0.4, -0.2) is 14.9 Å². The summed E-state index contributed by atoms with van der Waals surface area (Å²) in [5.41, 5.74) is 2.48. The van der Waals surface area contributed by atoms with E-state index >= 15 is 0 Å². The molecule has 2 rings (SSSR count). The van der Waals surface area contributed by atoms with Crippen molar-refractivity contribution in [3.05, 3.63) is 45.9 Å². The number of rotatable bonds is 4. The molecule has 0 saturated carbocycles. The van der Waals surface area contributed by atoms with Gasteiger partial charge in [0.05, 0.1) is 10.6 Å². The minimum absolute atomic E-state index is 0.0212. The second-order valence-corrected chi connectivity index (χ2v) is 3.89. The molecule has 8 nitrogen and oxygen atoms in total. The second-order valence-electron chi connectivity index (χ2n) is 3.89. The second kappa shape index (κ2) is 5.45. The highest BCUT2D eigenvalue weighted by atomic mass is 19.1. The molecule has 1 aromatic carbocycles. The van der Waals surface area contributed by atoms with Crippen LogP contribution in [0.15, 0.2) is 24.4 Å². The van der Waals surface area contributed by atoms with E-state index in [0.717, 1.165) is 6.20 Å². The van der Waals surface area contributed by atoms with Gasteiger partial charge in [-0.25, -0.2) is 15.2 Å². The molecule has 0 spiro atoms. The molecule has 20 heavy (non-hydrogen) atoms. The maximum Gasteiger partial charge on any atom is 0.329 e. The third-order valence-corrected chi connectivity index (χ3v) is 2.56. The molecule has 0 atom stereocenters. The zero-order chi connectivity index (χ0) is 14.7. The smallest absolute Gasteiger partial charge is 0.329 e. The van der Waals surface area contributed by atoms with Crippen molar-refractivity contribution in [3.63, 3.8) is 0 Å². The van der Waals surface area contributed by atoms with Crippen LogP contribution in [0, 0.1) is 22.9 Å². The maximum atomic E-state index is 13.7. The molecule has 9 heteroatoms. The minimum atomic E-state index is -0.668. The van der Waals surface area contributed by atoms with Gasteiger partial charge in [0.2, 0.25) is 11.8 Å². The Balaban J connectivity index is 2.49. The molecule has 0 radical (unpaired) electrons. The first-order valence-corrected chi connectivity index (χ1v) is 5.53. The summed E-state index contributed by atoms with van der Waals surface area (Å²) in [6.45, 7) is 1.67. The quantitative estimate of drug-likeness (QED) is 0.443. The van der Waals surface area contributed by atoms with Gasteiger partial charge in [0.1, 0.15) is 12.0 Å². The van der Waals surface area contributed by atoms with E-state index in [0.29, 0.717) is 5.56 Å². The highest BCUT2D eigenvalue weighted by Crippen LogP contribution is 2.28.